The number of hydrogen-bond donors (Lipinski definition) is 1. The number of aromatic nitrogens is 1. The first-order chi connectivity index (χ1) is 12.1. The maximum absolute atomic E-state index is 13.8. The van der Waals surface area contributed by atoms with Crippen molar-refractivity contribution in [3.63, 3.8) is 0 Å². The number of ether oxygens (including phenoxy) is 1. The molecule has 1 heterocycles. The molecule has 4 nitrogen and oxygen atoms in total. The lowest BCUT2D eigenvalue weighted by atomic mass is 10.1. The Morgan fingerprint density at radius 3 is 2.60 bits per heavy atom. The Balaban J connectivity index is 1.82. The third kappa shape index (κ3) is 3.63. The van der Waals surface area contributed by atoms with E-state index in [1.807, 2.05) is 0 Å². The number of carbonyl (C=O) groups is 1. The summed E-state index contributed by atoms with van der Waals surface area (Å²) in [5.74, 6) is -1.74. The Morgan fingerprint density at radius 1 is 1.08 bits per heavy atom. The van der Waals surface area contributed by atoms with Crippen LogP contribution >= 0.6 is 0 Å². The van der Waals surface area contributed by atoms with Gasteiger partial charge in [-0.15, -0.1) is 0 Å². The number of rotatable bonds is 4. The third-order valence-electron chi connectivity index (χ3n) is 3.58. The zero-order valence-corrected chi connectivity index (χ0v) is 13.3. The smallest absolute Gasteiger partial charge is 0.337 e. The molecule has 0 bridgehead atoms. The normalized spacial score (nSPS) is 10.4. The number of hydrogen-bond acceptors (Lipinski definition) is 4. The number of nitrogens with zero attached hydrogens (tertiary/aromatic N) is 1. The molecule has 0 aliphatic carbocycles. The van der Waals surface area contributed by atoms with Crippen molar-refractivity contribution in [3.05, 3.63) is 78.0 Å². The molecule has 126 valence electrons. The van der Waals surface area contributed by atoms with E-state index in [-0.39, 0.29) is 5.56 Å². The minimum atomic E-state index is -0.907. The molecule has 0 atom stereocenters. The summed E-state index contributed by atoms with van der Waals surface area (Å²) in [7, 11) is 1.31. The highest BCUT2D eigenvalue weighted by atomic mass is 19.2. The maximum Gasteiger partial charge on any atom is 0.337 e. The van der Waals surface area contributed by atoms with E-state index in [2.05, 4.69) is 15.0 Å². The van der Waals surface area contributed by atoms with Gasteiger partial charge in [-0.25, -0.2) is 18.6 Å². The quantitative estimate of drug-likeness (QED) is 0.708. The van der Waals surface area contributed by atoms with Crippen LogP contribution in [-0.4, -0.2) is 18.1 Å². The second-order valence-electron chi connectivity index (χ2n) is 5.23. The van der Waals surface area contributed by atoms with Gasteiger partial charge < -0.3 is 10.1 Å². The first kappa shape index (κ1) is 16.6. The van der Waals surface area contributed by atoms with Crippen molar-refractivity contribution in [2.45, 2.75) is 0 Å². The number of pyridine rings is 1. The van der Waals surface area contributed by atoms with E-state index in [1.165, 1.54) is 25.4 Å². The molecule has 25 heavy (non-hydrogen) atoms. The van der Waals surface area contributed by atoms with Gasteiger partial charge >= 0.3 is 5.97 Å². The highest BCUT2D eigenvalue weighted by Crippen LogP contribution is 2.25. The fourth-order valence-corrected chi connectivity index (χ4v) is 2.34. The van der Waals surface area contributed by atoms with E-state index in [1.54, 1.807) is 36.4 Å². The number of methoxy groups -OCH3 is 1. The molecular formula is C19H14F2N2O2. The molecule has 3 rings (SSSR count). The van der Waals surface area contributed by atoms with Gasteiger partial charge in [0.1, 0.15) is 5.82 Å². The summed E-state index contributed by atoms with van der Waals surface area (Å²) in [5.41, 5.74) is 1.67. The molecule has 0 aliphatic rings. The van der Waals surface area contributed by atoms with E-state index < -0.39 is 17.6 Å². The number of carbonyl (C=O) groups excluding carboxylic acids is 1. The van der Waals surface area contributed by atoms with Crippen molar-refractivity contribution >= 4 is 17.5 Å². The molecule has 1 N–H and O–H groups in total. The van der Waals surface area contributed by atoms with Crippen molar-refractivity contribution < 1.29 is 18.3 Å². The van der Waals surface area contributed by atoms with Gasteiger partial charge in [-0.05, 0) is 36.4 Å². The van der Waals surface area contributed by atoms with Crippen LogP contribution in [0.2, 0.25) is 0 Å². The molecule has 0 radical (unpaired) electrons. The van der Waals surface area contributed by atoms with Crippen molar-refractivity contribution in [2.75, 3.05) is 12.4 Å². The van der Waals surface area contributed by atoms with E-state index in [9.17, 15) is 13.6 Å². The molecule has 0 unspecified atom stereocenters. The monoisotopic (exact) mass is 340 g/mol. The van der Waals surface area contributed by atoms with Gasteiger partial charge in [-0.2, -0.15) is 0 Å². The van der Waals surface area contributed by atoms with Gasteiger partial charge in [-0.3, -0.25) is 0 Å². The lowest BCUT2D eigenvalue weighted by molar-refractivity contribution is 0.0601. The summed E-state index contributed by atoms with van der Waals surface area (Å²) >= 11 is 0. The van der Waals surface area contributed by atoms with Crippen molar-refractivity contribution in [1.29, 1.82) is 0 Å². The summed E-state index contributed by atoms with van der Waals surface area (Å²) in [4.78, 5) is 15.7. The van der Waals surface area contributed by atoms with Crippen molar-refractivity contribution in [3.8, 4) is 11.1 Å². The van der Waals surface area contributed by atoms with Crippen LogP contribution in [-0.2, 0) is 4.74 Å². The van der Waals surface area contributed by atoms with Crippen LogP contribution in [0.5, 0.6) is 0 Å². The fourth-order valence-electron chi connectivity index (χ4n) is 2.34. The zero-order chi connectivity index (χ0) is 17.8. The summed E-state index contributed by atoms with van der Waals surface area (Å²) < 4.78 is 31.8. The fraction of sp³-hybridized carbons (Fsp3) is 0.0526. The van der Waals surface area contributed by atoms with Crippen LogP contribution in [0.15, 0.2) is 60.8 Å². The molecule has 2 aromatic carbocycles. The summed E-state index contributed by atoms with van der Waals surface area (Å²) in [5, 5.41) is 3.04. The van der Waals surface area contributed by atoms with Gasteiger partial charge in [0.2, 0.25) is 0 Å². The molecular weight excluding hydrogens is 326 g/mol. The average molecular weight is 340 g/mol. The standard InChI is InChI=1S/C19H14F2N2O2/c1-25-19(24)12-4-2-5-14(10-12)23-17-9-8-13(11-22-17)15-6-3-7-16(20)18(15)21/h2-11H,1H3,(H,22,23). The van der Waals surface area contributed by atoms with Gasteiger partial charge in [-0.1, -0.05) is 18.2 Å². The Hall–Kier alpha value is -3.28. The van der Waals surface area contributed by atoms with Crippen LogP contribution in [0.25, 0.3) is 11.1 Å². The van der Waals surface area contributed by atoms with Gasteiger partial charge in [0.15, 0.2) is 11.6 Å². The van der Waals surface area contributed by atoms with Gasteiger partial charge in [0, 0.05) is 23.0 Å². The zero-order valence-electron chi connectivity index (χ0n) is 13.3. The van der Waals surface area contributed by atoms with Gasteiger partial charge in [0.05, 0.1) is 12.7 Å². The van der Waals surface area contributed by atoms with E-state index in [4.69, 9.17) is 0 Å². The third-order valence-corrected chi connectivity index (χ3v) is 3.58. The molecule has 0 saturated heterocycles. The molecule has 3 aromatic rings. The number of esters is 1. The van der Waals surface area contributed by atoms with Crippen LogP contribution in [0.4, 0.5) is 20.3 Å². The van der Waals surface area contributed by atoms with Crippen LogP contribution in [0.3, 0.4) is 0 Å². The first-order valence-electron chi connectivity index (χ1n) is 7.44. The molecule has 0 amide bonds. The van der Waals surface area contributed by atoms with Crippen LogP contribution in [0, 0.1) is 11.6 Å². The first-order valence-corrected chi connectivity index (χ1v) is 7.44. The number of nitrogens with one attached hydrogen (secondary N) is 1. The van der Waals surface area contributed by atoms with Crippen molar-refractivity contribution in [1.82, 2.24) is 4.98 Å². The van der Waals surface area contributed by atoms with Crippen LogP contribution < -0.4 is 5.32 Å². The van der Waals surface area contributed by atoms with Crippen molar-refractivity contribution in [2.24, 2.45) is 0 Å². The summed E-state index contributed by atoms with van der Waals surface area (Å²) in [6, 6.07) is 14.0. The highest BCUT2D eigenvalue weighted by Gasteiger charge is 2.10. The largest absolute Gasteiger partial charge is 0.465 e. The summed E-state index contributed by atoms with van der Waals surface area (Å²) in [6.45, 7) is 0. The van der Waals surface area contributed by atoms with E-state index in [0.717, 1.165) is 6.07 Å². The molecule has 6 heteroatoms. The van der Waals surface area contributed by atoms with Crippen LogP contribution in [0.1, 0.15) is 10.4 Å². The second-order valence-corrected chi connectivity index (χ2v) is 5.23. The predicted molar refractivity (Wildman–Crippen MR) is 90.7 cm³/mol. The Bertz CT molecular complexity index is 912. The van der Waals surface area contributed by atoms with Gasteiger partial charge in [0.25, 0.3) is 0 Å². The Morgan fingerprint density at radius 2 is 1.88 bits per heavy atom. The number of halogens is 2. The average Bonchev–Trinajstić information content (AvgIpc) is 2.64. The SMILES string of the molecule is COC(=O)c1cccc(Nc2ccc(-c3cccc(F)c3F)cn2)c1. The highest BCUT2D eigenvalue weighted by molar-refractivity contribution is 5.90. The minimum absolute atomic E-state index is 0.145. The number of anilines is 2. The number of benzene rings is 2. The topological polar surface area (TPSA) is 51.2 Å². The minimum Gasteiger partial charge on any atom is -0.465 e. The molecule has 0 aliphatic heterocycles. The molecule has 0 saturated carbocycles. The lowest BCUT2D eigenvalue weighted by Crippen LogP contribution is -2.02. The van der Waals surface area contributed by atoms with E-state index in [0.29, 0.717) is 22.6 Å². The lowest BCUT2D eigenvalue weighted by Gasteiger charge is -2.08. The molecule has 1 aromatic heterocycles. The maximum atomic E-state index is 13.8. The molecule has 0 fully saturated rings. The summed E-state index contributed by atoms with van der Waals surface area (Å²) in [6.07, 6.45) is 1.45. The predicted octanol–water partition coefficient (Wildman–Crippen LogP) is 4.56. The molecule has 0 spiro atoms. The Labute approximate surface area is 143 Å². The Kier molecular flexibility index (Phi) is 4.70. The van der Waals surface area contributed by atoms with E-state index >= 15 is 0 Å². The second kappa shape index (κ2) is 7.09.